The number of para-hydroxylation sites is 1. The van der Waals surface area contributed by atoms with Crippen LogP contribution in [0, 0.1) is 0 Å². The number of ether oxygens (including phenoxy) is 3. The number of carbonyl (C=O) groups excluding carboxylic acids is 1. The highest BCUT2D eigenvalue weighted by atomic mass is 79.9. The number of fused-ring (bicyclic) bond motifs is 1. The van der Waals surface area contributed by atoms with Gasteiger partial charge in [0.25, 0.3) is 5.91 Å². The van der Waals surface area contributed by atoms with Gasteiger partial charge in [0.15, 0.2) is 11.5 Å². The highest BCUT2D eigenvalue weighted by molar-refractivity contribution is 9.10. The summed E-state index contributed by atoms with van der Waals surface area (Å²) in [6.07, 6.45) is 1.54. The number of methoxy groups -OCH3 is 2. The number of rotatable bonds is 8. The van der Waals surface area contributed by atoms with Gasteiger partial charge >= 0.3 is 0 Å². The summed E-state index contributed by atoms with van der Waals surface area (Å²) in [4.78, 5) is 12.4. The van der Waals surface area contributed by atoms with Crippen LogP contribution in [0.4, 0.5) is 0 Å². The average molecular weight is 519 g/mol. The summed E-state index contributed by atoms with van der Waals surface area (Å²) in [5.41, 5.74) is 4.73. The first-order valence-corrected chi connectivity index (χ1v) is 11.3. The summed E-state index contributed by atoms with van der Waals surface area (Å²) < 4.78 is 17.6. The maximum absolute atomic E-state index is 12.4. The minimum Gasteiger partial charge on any atom is -0.496 e. The van der Waals surface area contributed by atoms with Crippen LogP contribution in [0.25, 0.3) is 10.8 Å². The maximum Gasteiger partial charge on any atom is 0.275 e. The standard InChI is InChI=1S/C27H23BrN2O4/c1-32-24-13-6-5-12-22(24)27(31)30-29-16-18-14-23(28)26(25(15-18)33-2)34-17-20-10-7-9-19-8-3-4-11-21(19)20/h3-16H,17H2,1-2H3,(H,30,31)/b29-16-. The summed E-state index contributed by atoms with van der Waals surface area (Å²) in [5, 5.41) is 6.38. The number of nitrogens with one attached hydrogen (secondary N) is 1. The third-order valence-electron chi connectivity index (χ3n) is 5.24. The topological polar surface area (TPSA) is 69.2 Å². The van der Waals surface area contributed by atoms with E-state index < -0.39 is 0 Å². The molecule has 4 aromatic rings. The lowest BCUT2D eigenvalue weighted by molar-refractivity contribution is 0.0952. The van der Waals surface area contributed by atoms with E-state index >= 15 is 0 Å². The van der Waals surface area contributed by atoms with Gasteiger partial charge in [-0.15, -0.1) is 0 Å². The van der Waals surface area contributed by atoms with E-state index in [-0.39, 0.29) is 5.91 Å². The third kappa shape index (κ3) is 5.21. The van der Waals surface area contributed by atoms with Gasteiger partial charge in [0.05, 0.1) is 30.5 Å². The van der Waals surface area contributed by atoms with Crippen molar-refractivity contribution in [2.75, 3.05) is 14.2 Å². The van der Waals surface area contributed by atoms with Crippen LogP contribution in [0.5, 0.6) is 17.2 Å². The first-order valence-electron chi connectivity index (χ1n) is 10.5. The molecule has 0 aliphatic rings. The lowest BCUT2D eigenvalue weighted by Gasteiger charge is -2.14. The van der Waals surface area contributed by atoms with Crippen molar-refractivity contribution in [3.8, 4) is 17.2 Å². The number of nitrogens with zero attached hydrogens (tertiary/aromatic N) is 1. The number of hydrogen-bond donors (Lipinski definition) is 1. The second-order valence-electron chi connectivity index (χ2n) is 7.36. The SMILES string of the molecule is COc1ccccc1C(=O)N/N=C\c1cc(Br)c(OCc2cccc3ccccc23)c(OC)c1. The Balaban J connectivity index is 1.49. The summed E-state index contributed by atoms with van der Waals surface area (Å²) in [6, 6.07) is 24.9. The minimum absolute atomic E-state index is 0.366. The van der Waals surface area contributed by atoms with Crippen molar-refractivity contribution in [3.63, 3.8) is 0 Å². The predicted octanol–water partition coefficient (Wildman–Crippen LogP) is 5.96. The molecule has 0 aliphatic carbocycles. The fraction of sp³-hybridized carbons (Fsp3) is 0.111. The van der Waals surface area contributed by atoms with Gasteiger partial charge in [-0.25, -0.2) is 5.43 Å². The van der Waals surface area contributed by atoms with E-state index in [9.17, 15) is 4.79 Å². The summed E-state index contributed by atoms with van der Waals surface area (Å²) in [7, 11) is 3.10. The Kier molecular flexibility index (Phi) is 7.44. The van der Waals surface area contributed by atoms with E-state index in [1.165, 1.54) is 13.3 Å². The molecule has 0 saturated carbocycles. The van der Waals surface area contributed by atoms with Crippen LogP contribution in [-0.2, 0) is 6.61 Å². The Morgan fingerprint density at radius 3 is 2.50 bits per heavy atom. The Morgan fingerprint density at radius 1 is 0.941 bits per heavy atom. The Labute approximate surface area is 206 Å². The lowest BCUT2D eigenvalue weighted by atomic mass is 10.1. The molecular formula is C27H23BrN2O4. The van der Waals surface area contributed by atoms with E-state index in [0.29, 0.717) is 33.9 Å². The van der Waals surface area contributed by atoms with E-state index in [2.05, 4.69) is 44.7 Å². The number of benzene rings is 4. The molecule has 4 aromatic carbocycles. The number of hydrogen-bond acceptors (Lipinski definition) is 5. The summed E-state index contributed by atoms with van der Waals surface area (Å²) in [5.74, 6) is 1.25. The molecular weight excluding hydrogens is 496 g/mol. The summed E-state index contributed by atoms with van der Waals surface area (Å²) >= 11 is 3.57. The minimum atomic E-state index is -0.366. The molecule has 0 radical (unpaired) electrons. The molecule has 34 heavy (non-hydrogen) atoms. The van der Waals surface area contributed by atoms with Gasteiger partial charge in [0.2, 0.25) is 0 Å². The zero-order chi connectivity index (χ0) is 23.9. The summed E-state index contributed by atoms with van der Waals surface area (Å²) in [6.45, 7) is 0.388. The van der Waals surface area contributed by atoms with Crippen LogP contribution in [0.15, 0.2) is 88.4 Å². The molecule has 1 amide bonds. The Hall–Kier alpha value is -3.84. The zero-order valence-corrected chi connectivity index (χ0v) is 20.3. The van der Waals surface area contributed by atoms with Crippen molar-refractivity contribution in [1.29, 1.82) is 0 Å². The molecule has 1 N–H and O–H groups in total. The highest BCUT2D eigenvalue weighted by Gasteiger charge is 2.13. The molecule has 0 aliphatic heterocycles. The molecule has 0 fully saturated rings. The van der Waals surface area contributed by atoms with E-state index in [4.69, 9.17) is 14.2 Å². The molecule has 4 rings (SSSR count). The van der Waals surface area contributed by atoms with Gasteiger partial charge in [0.1, 0.15) is 12.4 Å². The molecule has 0 aromatic heterocycles. The Bertz CT molecular complexity index is 1350. The van der Waals surface area contributed by atoms with Crippen molar-refractivity contribution >= 4 is 38.8 Å². The van der Waals surface area contributed by atoms with Crippen LogP contribution in [0.3, 0.4) is 0 Å². The second-order valence-corrected chi connectivity index (χ2v) is 8.21. The molecule has 0 spiro atoms. The third-order valence-corrected chi connectivity index (χ3v) is 5.82. The quantitative estimate of drug-likeness (QED) is 0.230. The average Bonchev–Trinajstić information content (AvgIpc) is 2.87. The normalized spacial score (nSPS) is 10.9. The fourth-order valence-corrected chi connectivity index (χ4v) is 4.15. The van der Waals surface area contributed by atoms with Crippen LogP contribution in [0.2, 0.25) is 0 Å². The van der Waals surface area contributed by atoms with Crippen LogP contribution < -0.4 is 19.6 Å². The van der Waals surface area contributed by atoms with Gasteiger partial charge < -0.3 is 14.2 Å². The number of halogens is 1. The van der Waals surface area contributed by atoms with Crippen molar-refractivity contribution < 1.29 is 19.0 Å². The molecule has 0 heterocycles. The van der Waals surface area contributed by atoms with Gasteiger partial charge in [-0.05, 0) is 62.1 Å². The molecule has 0 unspecified atom stereocenters. The molecule has 0 bridgehead atoms. The fourth-order valence-electron chi connectivity index (χ4n) is 3.58. The van der Waals surface area contributed by atoms with Gasteiger partial charge in [-0.2, -0.15) is 5.10 Å². The number of hydrazone groups is 1. The first-order chi connectivity index (χ1) is 16.6. The van der Waals surface area contributed by atoms with E-state index in [1.807, 2.05) is 30.3 Å². The molecule has 0 atom stereocenters. The monoisotopic (exact) mass is 518 g/mol. The van der Waals surface area contributed by atoms with Gasteiger partial charge in [-0.3, -0.25) is 4.79 Å². The maximum atomic E-state index is 12.4. The van der Waals surface area contributed by atoms with Gasteiger partial charge in [-0.1, -0.05) is 54.6 Å². The van der Waals surface area contributed by atoms with E-state index in [1.54, 1.807) is 37.4 Å². The van der Waals surface area contributed by atoms with Crippen molar-refractivity contribution in [3.05, 3.63) is 100 Å². The van der Waals surface area contributed by atoms with Crippen LogP contribution in [-0.4, -0.2) is 26.3 Å². The smallest absolute Gasteiger partial charge is 0.275 e. The van der Waals surface area contributed by atoms with Crippen molar-refractivity contribution in [1.82, 2.24) is 5.43 Å². The molecule has 172 valence electrons. The van der Waals surface area contributed by atoms with Crippen LogP contribution >= 0.6 is 15.9 Å². The number of carbonyl (C=O) groups is 1. The second kappa shape index (κ2) is 10.9. The number of amides is 1. The molecule has 6 nitrogen and oxygen atoms in total. The largest absolute Gasteiger partial charge is 0.496 e. The zero-order valence-electron chi connectivity index (χ0n) is 18.7. The van der Waals surface area contributed by atoms with Gasteiger partial charge in [0, 0.05) is 0 Å². The Morgan fingerprint density at radius 2 is 1.68 bits per heavy atom. The van der Waals surface area contributed by atoms with Crippen molar-refractivity contribution in [2.24, 2.45) is 5.10 Å². The molecule has 7 heteroatoms. The predicted molar refractivity (Wildman–Crippen MR) is 137 cm³/mol. The van der Waals surface area contributed by atoms with Crippen molar-refractivity contribution in [2.45, 2.75) is 6.61 Å². The lowest BCUT2D eigenvalue weighted by Crippen LogP contribution is -2.18. The molecule has 0 saturated heterocycles. The highest BCUT2D eigenvalue weighted by Crippen LogP contribution is 2.37. The van der Waals surface area contributed by atoms with E-state index in [0.717, 1.165) is 21.9 Å². The van der Waals surface area contributed by atoms with Crippen LogP contribution in [0.1, 0.15) is 21.5 Å². The first kappa shape index (κ1) is 23.3.